The smallest absolute Gasteiger partial charge is 0.303 e. The number of alkyl halides is 3. The maximum absolute atomic E-state index is 13.4. The van der Waals surface area contributed by atoms with Crippen LogP contribution < -0.4 is 9.80 Å². The molecule has 1 spiro atoms. The minimum absolute atomic E-state index is 0.0250. The van der Waals surface area contributed by atoms with E-state index < -0.39 is 23.0 Å². The second kappa shape index (κ2) is 29.6. The number of hydrogen-bond donors (Lipinski definition) is 0. The molecule has 0 radical (unpaired) electrons. The highest BCUT2D eigenvalue weighted by Crippen LogP contribution is 2.48. The Morgan fingerprint density at radius 3 is 1.23 bits per heavy atom. The zero-order valence-electron chi connectivity index (χ0n) is 35.4. The summed E-state index contributed by atoms with van der Waals surface area (Å²) < 4.78 is 40.3. The van der Waals surface area contributed by atoms with Crippen LogP contribution >= 0.6 is 12.2 Å². The van der Waals surface area contributed by atoms with Gasteiger partial charge in [-0.15, -0.1) is 0 Å². The normalized spacial score (nSPS) is 9.94. The first-order valence-electron chi connectivity index (χ1n) is 18.8. The van der Waals surface area contributed by atoms with Crippen molar-refractivity contribution < 1.29 is 22.8 Å². The molecule has 1 aliphatic heterocycles. The van der Waals surface area contributed by atoms with Crippen molar-refractivity contribution in [1.82, 2.24) is 0 Å². The van der Waals surface area contributed by atoms with E-state index >= 15 is 0 Å². The summed E-state index contributed by atoms with van der Waals surface area (Å²) in [5, 5.41) is 8.24. The molecule has 6 nitrogen and oxygen atoms in total. The summed E-state index contributed by atoms with van der Waals surface area (Å²) in [4.78, 5) is 30.0. The van der Waals surface area contributed by atoms with Crippen molar-refractivity contribution in [3.63, 3.8) is 0 Å². The maximum atomic E-state index is 13.4. The highest BCUT2D eigenvalue weighted by molar-refractivity contribution is 7.81. The van der Waals surface area contributed by atoms with Crippen LogP contribution in [-0.4, -0.2) is 22.8 Å². The molecule has 0 atom stereocenters. The molecule has 1 amide bonds. The summed E-state index contributed by atoms with van der Waals surface area (Å²) in [5.74, 6) is 88.6. The minimum atomic E-state index is -4.74. The van der Waals surface area contributed by atoms with Gasteiger partial charge in [-0.25, -0.2) is 4.85 Å². The molecule has 0 unspecified atom stereocenters. The van der Waals surface area contributed by atoms with E-state index in [-0.39, 0.29) is 16.7 Å². The van der Waals surface area contributed by atoms with Crippen molar-refractivity contribution in [2.75, 3.05) is 9.80 Å². The number of hydrogen-bond acceptors (Lipinski definition) is 4. The first kappa shape index (κ1) is 51.7. The van der Waals surface area contributed by atoms with Crippen LogP contribution in [0.4, 0.5) is 30.2 Å². The lowest BCUT2D eigenvalue weighted by Crippen LogP contribution is -2.55. The molecule has 10 heteroatoms. The summed E-state index contributed by atoms with van der Waals surface area (Å²) in [5.41, 5.74) is -1.57. The SMILES string of the molecule is CC#CC#CC#CC#CC#CC#CC#CC#CC#CC#CC#CC#CC#CC#CC#CC#CC#CC#CC#N.[C-]#[N+]c1ccc(N2C(=O)C3(CCC3)N(c3ccc(C=O)cc3)C2=S)cc1C(F)(F)F. The van der Waals surface area contributed by atoms with Gasteiger partial charge in [0, 0.05) is 177 Å². The molecule has 1 saturated heterocycles. The third kappa shape index (κ3) is 17.5. The number of anilines is 2. The number of rotatable bonds is 3. The van der Waals surface area contributed by atoms with Crippen molar-refractivity contribution >= 4 is 46.6 Å². The fourth-order valence-corrected chi connectivity index (χ4v) is 5.49. The molecule has 0 N–H and O–H groups in total. The van der Waals surface area contributed by atoms with Crippen molar-refractivity contribution in [2.45, 2.75) is 37.9 Å². The van der Waals surface area contributed by atoms with Crippen LogP contribution in [0.2, 0.25) is 0 Å². The Bertz CT molecular complexity index is 3810. The summed E-state index contributed by atoms with van der Waals surface area (Å²) in [6, 6.07) is 11.3. The molecule has 2 aromatic carbocycles. The highest BCUT2D eigenvalue weighted by atomic mass is 32.1. The van der Waals surface area contributed by atoms with Crippen molar-refractivity contribution in [2.24, 2.45) is 0 Å². The van der Waals surface area contributed by atoms with Gasteiger partial charge in [-0.3, -0.25) is 14.5 Å². The van der Waals surface area contributed by atoms with Crippen LogP contribution in [0.3, 0.4) is 0 Å². The van der Waals surface area contributed by atoms with Gasteiger partial charge in [0.15, 0.2) is 16.9 Å². The second-order valence-corrected chi connectivity index (χ2v) is 12.3. The van der Waals surface area contributed by atoms with E-state index in [4.69, 9.17) is 24.1 Å². The third-order valence-corrected chi connectivity index (χ3v) is 8.22. The molecule has 69 heavy (non-hydrogen) atoms. The zero-order valence-corrected chi connectivity index (χ0v) is 36.2. The van der Waals surface area contributed by atoms with Crippen LogP contribution in [0, 0.1) is 231 Å². The molecule has 1 saturated carbocycles. The maximum Gasteiger partial charge on any atom is 0.407 e. The molecule has 4 rings (SSSR count). The van der Waals surface area contributed by atoms with E-state index in [1.165, 1.54) is 6.07 Å². The highest BCUT2D eigenvalue weighted by Gasteiger charge is 2.59. The Morgan fingerprint density at radius 2 is 0.942 bits per heavy atom. The molecule has 1 heterocycles. The van der Waals surface area contributed by atoms with Gasteiger partial charge in [0.2, 0.25) is 0 Å². The first-order valence-corrected chi connectivity index (χ1v) is 19.2. The number of aldehydes is 1. The van der Waals surface area contributed by atoms with Gasteiger partial charge in [0.1, 0.15) is 11.8 Å². The number of carbonyl (C=O) groups excluding carboxylic acids is 2. The Balaban J connectivity index is 0.000000375. The molecule has 1 aliphatic carbocycles. The predicted molar refractivity (Wildman–Crippen MR) is 260 cm³/mol. The van der Waals surface area contributed by atoms with Gasteiger partial charge in [0.05, 0.1) is 12.1 Å². The summed E-state index contributed by atoms with van der Waals surface area (Å²) in [7, 11) is 0. The van der Waals surface area contributed by atoms with E-state index in [0.717, 1.165) is 23.5 Å². The molecule has 2 aromatic rings. The largest absolute Gasteiger partial charge is 0.407 e. The lowest BCUT2D eigenvalue weighted by Gasteiger charge is -2.43. The Morgan fingerprint density at radius 1 is 0.594 bits per heavy atom. The number of nitrogens with zero attached hydrogens (tertiary/aromatic N) is 4. The predicted octanol–water partition coefficient (Wildman–Crippen LogP) is 5.72. The number of halogens is 3. The standard InChI is InChI=1S/C38H3N.C21H14F3N3O2S/c1-2-3-4-5-6-7-8-9-10-11-12-13-14-15-16-17-18-19-20-21-22-23-24-25-26-27-28-29-30-31-32-33-34-35-36-37-38-39;1-25-17-8-7-15(11-16(17)21(22,23)24)26-18(29)20(9-2-10-20)27(19(26)30)14-5-3-13(12-28)4-6-14/h1H3;3-8,11-12H,2,9-10H2. The monoisotopic (exact) mass is 902 g/mol. The third-order valence-electron chi connectivity index (χ3n) is 7.85. The molecule has 2 aliphatic rings. The van der Waals surface area contributed by atoms with E-state index in [2.05, 4.69) is 218 Å². The van der Waals surface area contributed by atoms with E-state index in [9.17, 15) is 22.8 Å². The molecule has 2 fully saturated rings. The Hall–Kier alpha value is -11.7. The Labute approximate surface area is 404 Å². The molecule has 0 bridgehead atoms. The van der Waals surface area contributed by atoms with Crippen LogP contribution in [-0.2, 0) is 11.0 Å². The number of benzene rings is 2. The molecular weight excluding hydrogens is 886 g/mol. The van der Waals surface area contributed by atoms with Gasteiger partial charge in [0.25, 0.3) is 5.91 Å². The van der Waals surface area contributed by atoms with Crippen molar-refractivity contribution in [3.8, 4) is 219 Å². The summed E-state index contributed by atoms with van der Waals surface area (Å²) in [6.07, 6.45) is -2.22. The van der Waals surface area contributed by atoms with Gasteiger partial charge in [-0.05, 0) is 122 Å². The van der Waals surface area contributed by atoms with Crippen LogP contribution in [0.1, 0.15) is 42.1 Å². The van der Waals surface area contributed by atoms with Crippen LogP contribution in [0.5, 0.6) is 0 Å². The minimum Gasteiger partial charge on any atom is -0.303 e. The average Bonchev–Trinajstić information content (AvgIpc) is 3.58. The van der Waals surface area contributed by atoms with Gasteiger partial charge in [-0.1, -0.05) is 12.0 Å². The zero-order chi connectivity index (χ0) is 49.8. The van der Waals surface area contributed by atoms with E-state index in [0.29, 0.717) is 30.4 Å². The molecular formula is C59H17F3N4O2S. The fraction of sp³-hybridized carbons (Fsp3) is 0.102. The lowest BCUT2D eigenvalue weighted by molar-refractivity contribution is -0.137. The summed E-state index contributed by atoms with van der Waals surface area (Å²) >= 11 is 5.53. The number of nitriles is 1. The second-order valence-electron chi connectivity index (χ2n) is 11.9. The quantitative estimate of drug-likeness (QED) is 0.171. The van der Waals surface area contributed by atoms with Crippen LogP contribution in [0.15, 0.2) is 42.5 Å². The first-order chi connectivity index (χ1) is 33.6. The van der Waals surface area contributed by atoms with Gasteiger partial charge < -0.3 is 4.90 Å². The number of amides is 1. The van der Waals surface area contributed by atoms with Gasteiger partial charge in [-0.2, -0.15) is 18.4 Å². The lowest BCUT2D eigenvalue weighted by atomic mass is 9.75. The van der Waals surface area contributed by atoms with Gasteiger partial charge >= 0.3 is 6.18 Å². The van der Waals surface area contributed by atoms with E-state index in [1.807, 2.05) is 0 Å². The Kier molecular flexibility index (Phi) is 22.2. The van der Waals surface area contributed by atoms with E-state index in [1.54, 1.807) is 42.2 Å². The average molecular weight is 903 g/mol. The molecule has 312 valence electrons. The molecule has 0 aromatic heterocycles. The fourth-order valence-electron chi connectivity index (χ4n) is 5.02. The van der Waals surface area contributed by atoms with Crippen molar-refractivity contribution in [1.29, 1.82) is 5.26 Å². The van der Waals surface area contributed by atoms with Crippen molar-refractivity contribution in [3.05, 3.63) is 65.0 Å². The topological polar surface area (TPSA) is 68.8 Å². The number of thiocarbonyl (C=S) groups is 1. The number of carbonyl (C=O) groups is 2. The van der Waals surface area contributed by atoms with Crippen LogP contribution in [0.25, 0.3) is 4.85 Å². The summed E-state index contributed by atoms with van der Waals surface area (Å²) in [6.45, 7) is 8.68.